The van der Waals surface area contributed by atoms with E-state index < -0.39 is 29.2 Å². The maximum Gasteiger partial charge on any atom is 0.290 e. The lowest BCUT2D eigenvalue weighted by atomic mass is 9.82. The number of nitrogens with zero attached hydrogens (tertiary/aromatic N) is 3. The molecule has 13 heteroatoms. The number of carbonyl (C=O) groups excluding carboxylic acids is 2. The summed E-state index contributed by atoms with van der Waals surface area (Å²) in [7, 11) is 0. The smallest absolute Gasteiger partial charge is 0.290 e. The Kier molecular flexibility index (Phi) is 12.7. The number of amides is 2. The molecule has 0 aromatic heterocycles. The van der Waals surface area contributed by atoms with Crippen molar-refractivity contribution in [3.05, 3.63) is 106 Å². The molecule has 3 N–H and O–H groups in total. The van der Waals surface area contributed by atoms with Crippen LogP contribution < -0.4 is 10.1 Å². The summed E-state index contributed by atoms with van der Waals surface area (Å²) in [6, 6.07) is 17.3. The van der Waals surface area contributed by atoms with E-state index >= 15 is 0 Å². The SMILES string of the molecule is Cc1ccc(CCN(C(=O)C2=C(c3ccc(CCCOc4c(F)ccc(F)c4F)cc3)C[C@@H]3CN(C(=O)C4CCCN4O)C[C@H]2N3)C2CC2)cc1.O=CO. The number of aryl methyl sites for hydroxylation is 2. The normalized spacial score (nSPS) is 21.0. The van der Waals surface area contributed by atoms with Gasteiger partial charge in [-0.2, -0.15) is 9.45 Å². The fourth-order valence-electron chi connectivity index (χ4n) is 7.72. The number of carbonyl (C=O) groups is 3. The second-order valence-corrected chi connectivity index (χ2v) is 14.5. The van der Waals surface area contributed by atoms with Crippen molar-refractivity contribution in [1.82, 2.24) is 20.2 Å². The molecule has 3 heterocycles. The number of carboxylic acid groups (broad SMARTS) is 1. The maximum atomic E-state index is 14.7. The van der Waals surface area contributed by atoms with Gasteiger partial charge in [0.15, 0.2) is 17.4 Å². The lowest BCUT2D eigenvalue weighted by molar-refractivity contribution is -0.157. The lowest BCUT2D eigenvalue weighted by Gasteiger charge is -2.45. The molecule has 0 spiro atoms. The van der Waals surface area contributed by atoms with Gasteiger partial charge in [0, 0.05) is 43.8 Å². The molecule has 1 saturated carbocycles. The number of hydrogen-bond acceptors (Lipinski definition) is 7. The van der Waals surface area contributed by atoms with Crippen molar-refractivity contribution < 1.29 is 42.6 Å². The molecule has 2 bridgehead atoms. The summed E-state index contributed by atoms with van der Waals surface area (Å²) in [4.78, 5) is 40.6. The van der Waals surface area contributed by atoms with E-state index in [0.717, 1.165) is 59.6 Å². The highest BCUT2D eigenvalue weighted by molar-refractivity contribution is 6.03. The predicted molar refractivity (Wildman–Crippen MR) is 195 cm³/mol. The van der Waals surface area contributed by atoms with E-state index in [1.54, 1.807) is 0 Å². The van der Waals surface area contributed by atoms with Gasteiger partial charge in [-0.25, -0.2) is 8.78 Å². The number of benzene rings is 3. The average Bonchev–Trinajstić information content (AvgIpc) is 3.92. The first-order valence-corrected chi connectivity index (χ1v) is 18.6. The van der Waals surface area contributed by atoms with Crippen LogP contribution in [0.25, 0.3) is 5.57 Å². The predicted octanol–water partition coefficient (Wildman–Crippen LogP) is 5.54. The molecule has 3 aromatic carbocycles. The molecule has 1 aliphatic carbocycles. The molecule has 0 radical (unpaired) electrons. The van der Waals surface area contributed by atoms with Crippen molar-refractivity contribution >= 4 is 23.9 Å². The van der Waals surface area contributed by atoms with Gasteiger partial charge in [0.1, 0.15) is 6.04 Å². The third-order valence-electron chi connectivity index (χ3n) is 10.6. The van der Waals surface area contributed by atoms with Gasteiger partial charge in [0.25, 0.3) is 12.4 Å². The van der Waals surface area contributed by atoms with Crippen LogP contribution in [0.1, 0.15) is 60.8 Å². The van der Waals surface area contributed by atoms with Crippen LogP contribution in [-0.2, 0) is 27.2 Å². The highest BCUT2D eigenvalue weighted by Crippen LogP contribution is 2.37. The third kappa shape index (κ3) is 9.14. The van der Waals surface area contributed by atoms with Crippen molar-refractivity contribution in [2.24, 2.45) is 0 Å². The van der Waals surface area contributed by atoms with Crippen molar-refractivity contribution in [2.45, 2.75) is 82.5 Å². The Morgan fingerprint density at radius 1 is 0.944 bits per heavy atom. The van der Waals surface area contributed by atoms with Gasteiger partial charge in [0.05, 0.1) is 12.6 Å². The van der Waals surface area contributed by atoms with Crippen molar-refractivity contribution in [3.8, 4) is 5.75 Å². The van der Waals surface area contributed by atoms with Crippen molar-refractivity contribution in [2.75, 3.05) is 32.8 Å². The van der Waals surface area contributed by atoms with Crippen molar-refractivity contribution in [3.63, 3.8) is 0 Å². The molecular weight excluding hydrogens is 701 g/mol. The molecular formula is C41H47F3N4O6. The molecule has 54 heavy (non-hydrogen) atoms. The third-order valence-corrected chi connectivity index (χ3v) is 10.6. The van der Waals surface area contributed by atoms with Crippen LogP contribution in [0.15, 0.2) is 66.2 Å². The molecule has 3 aliphatic heterocycles. The Balaban J connectivity index is 0.00000160. The Bertz CT molecular complexity index is 1840. The average molecular weight is 749 g/mol. The van der Waals surface area contributed by atoms with E-state index in [9.17, 15) is 28.0 Å². The Morgan fingerprint density at radius 2 is 1.61 bits per heavy atom. The number of halogens is 3. The van der Waals surface area contributed by atoms with Gasteiger partial charge in [-0.3, -0.25) is 14.4 Å². The molecule has 288 valence electrons. The van der Waals surface area contributed by atoms with Gasteiger partial charge in [-0.05, 0) is 92.7 Å². The number of piperazine rings is 1. The highest BCUT2D eigenvalue weighted by Gasteiger charge is 2.45. The standard InChI is InChI=1S/C40H45F3N4O4.CH2O2/c1-25-6-8-27(9-7-25)18-20-46(30-14-15-30)40(49)36-31(22-29-23-45(24-34(36)44-29)39(48)35-5-2-19-47(35)50)28-12-10-26(11-13-28)4-3-21-51-38-33(42)17-16-32(41)37(38)43;2-1-3/h6-13,16-17,29-30,34-35,44,50H,2-5,14-15,18-24H2,1H3;1H,(H,2,3)/t29-,34-,35?;/m1./s1. The van der Waals surface area contributed by atoms with Crippen LogP contribution in [0, 0.1) is 24.4 Å². The van der Waals surface area contributed by atoms with Crippen molar-refractivity contribution in [1.29, 1.82) is 0 Å². The zero-order valence-corrected chi connectivity index (χ0v) is 30.4. The Morgan fingerprint density at radius 3 is 2.28 bits per heavy atom. The van der Waals surface area contributed by atoms with Gasteiger partial charge >= 0.3 is 0 Å². The Hall–Kier alpha value is -4.72. The van der Waals surface area contributed by atoms with Gasteiger partial charge in [-0.1, -0.05) is 54.1 Å². The summed E-state index contributed by atoms with van der Waals surface area (Å²) in [6.45, 7) is 3.76. The largest absolute Gasteiger partial charge is 0.488 e. The van der Waals surface area contributed by atoms with Gasteiger partial charge < -0.3 is 30.2 Å². The number of hydrogen-bond donors (Lipinski definition) is 3. The lowest BCUT2D eigenvalue weighted by Crippen LogP contribution is -2.63. The second kappa shape index (κ2) is 17.6. The van der Waals surface area contributed by atoms with E-state index in [0.29, 0.717) is 57.4 Å². The highest BCUT2D eigenvalue weighted by atomic mass is 19.2. The quantitative estimate of drug-likeness (QED) is 0.126. The van der Waals surface area contributed by atoms with Gasteiger partial charge in [-0.15, -0.1) is 0 Å². The number of ether oxygens (including phenoxy) is 1. The van der Waals surface area contributed by atoms with Crippen LogP contribution in [-0.4, -0.2) is 100 Å². The van der Waals surface area contributed by atoms with E-state index in [2.05, 4.69) is 36.5 Å². The van der Waals surface area contributed by atoms with Crippen LogP contribution in [0.2, 0.25) is 0 Å². The molecule has 4 aliphatic rings. The fourth-order valence-corrected chi connectivity index (χ4v) is 7.72. The molecule has 3 fully saturated rings. The molecule has 10 nitrogen and oxygen atoms in total. The maximum absolute atomic E-state index is 14.7. The minimum absolute atomic E-state index is 0.00699. The number of rotatable bonds is 12. The van der Waals surface area contributed by atoms with Crippen LogP contribution in [0.5, 0.6) is 5.75 Å². The molecule has 3 atom stereocenters. The van der Waals surface area contributed by atoms with E-state index in [1.165, 1.54) is 11.1 Å². The first-order valence-electron chi connectivity index (χ1n) is 18.6. The van der Waals surface area contributed by atoms with E-state index in [1.807, 2.05) is 34.1 Å². The molecule has 2 saturated heterocycles. The van der Waals surface area contributed by atoms with Gasteiger partial charge in [0.2, 0.25) is 11.7 Å². The number of hydroxylamine groups is 2. The molecule has 1 unspecified atom stereocenters. The summed E-state index contributed by atoms with van der Waals surface area (Å²) in [5, 5.41) is 22.1. The molecule has 7 rings (SSSR count). The number of nitrogens with one attached hydrogen (secondary N) is 1. The van der Waals surface area contributed by atoms with E-state index in [4.69, 9.17) is 14.6 Å². The minimum atomic E-state index is -1.33. The summed E-state index contributed by atoms with van der Waals surface area (Å²) in [5.74, 6) is -4.22. The van der Waals surface area contributed by atoms with E-state index in [-0.39, 0.29) is 43.0 Å². The zero-order valence-electron chi connectivity index (χ0n) is 30.4. The zero-order chi connectivity index (χ0) is 38.4. The summed E-state index contributed by atoms with van der Waals surface area (Å²) >= 11 is 0. The summed E-state index contributed by atoms with van der Waals surface area (Å²) < 4.78 is 46.7. The minimum Gasteiger partial charge on any atom is -0.488 e. The van der Waals surface area contributed by atoms with Crippen LogP contribution in [0.4, 0.5) is 13.2 Å². The summed E-state index contributed by atoms with van der Waals surface area (Å²) in [5.41, 5.74) is 6.00. The Labute approximate surface area is 313 Å². The monoisotopic (exact) mass is 748 g/mol. The number of fused-ring (bicyclic) bond motifs is 2. The van der Waals surface area contributed by atoms with Crippen LogP contribution >= 0.6 is 0 Å². The second-order valence-electron chi connectivity index (χ2n) is 14.5. The molecule has 3 aromatic rings. The first-order chi connectivity index (χ1) is 26.1. The van der Waals surface area contributed by atoms with Crippen LogP contribution in [0.3, 0.4) is 0 Å². The first kappa shape index (κ1) is 39.0. The molecule has 2 amide bonds. The fraction of sp³-hybridized carbons (Fsp3) is 0.439. The topological polar surface area (TPSA) is 123 Å². The summed E-state index contributed by atoms with van der Waals surface area (Å²) in [6.07, 6.45) is 5.69.